The third-order valence-corrected chi connectivity index (χ3v) is 4.87. The summed E-state index contributed by atoms with van der Waals surface area (Å²) >= 11 is 0. The highest BCUT2D eigenvalue weighted by atomic mass is 35.5. The van der Waals surface area contributed by atoms with E-state index >= 15 is 0 Å². The number of hydrogen-bond donors (Lipinski definition) is 2. The minimum atomic E-state index is -0.614. The second-order valence-corrected chi connectivity index (χ2v) is 7.94. The summed E-state index contributed by atoms with van der Waals surface area (Å²) in [6.45, 7) is 6.94. The highest BCUT2D eigenvalue weighted by Gasteiger charge is 2.18. The smallest absolute Gasteiger partial charge is 0.237 e. The van der Waals surface area contributed by atoms with Gasteiger partial charge in [0.15, 0.2) is 0 Å². The van der Waals surface area contributed by atoms with Crippen LogP contribution in [0.5, 0.6) is 0 Å². The van der Waals surface area contributed by atoms with Crippen LogP contribution in [0.15, 0.2) is 61.1 Å². The molecule has 31 heavy (non-hydrogen) atoms. The van der Waals surface area contributed by atoms with Crippen molar-refractivity contribution in [2.75, 3.05) is 0 Å². The Balaban J connectivity index is 0.00000240. The van der Waals surface area contributed by atoms with Crippen molar-refractivity contribution < 1.29 is 4.79 Å². The van der Waals surface area contributed by atoms with Gasteiger partial charge in [-0.3, -0.25) is 4.79 Å². The Hall–Kier alpha value is -2.34. The van der Waals surface area contributed by atoms with Crippen LogP contribution in [-0.2, 0) is 24.2 Å². The lowest BCUT2D eigenvalue weighted by molar-refractivity contribution is -0.122. The maximum absolute atomic E-state index is 12.5. The van der Waals surface area contributed by atoms with Crippen LogP contribution >= 0.6 is 24.8 Å². The fourth-order valence-electron chi connectivity index (χ4n) is 3.65. The Morgan fingerprint density at radius 1 is 1.03 bits per heavy atom. The van der Waals surface area contributed by atoms with Gasteiger partial charge in [0.2, 0.25) is 5.91 Å². The number of rotatable bonds is 8. The summed E-state index contributed by atoms with van der Waals surface area (Å²) in [5.74, 6) is -0.139. The van der Waals surface area contributed by atoms with Gasteiger partial charge in [-0.1, -0.05) is 59.7 Å². The first kappa shape index (κ1) is 26.7. The first-order valence-corrected chi connectivity index (χ1v) is 10.1. The number of hydrogen-bond acceptors (Lipinski definition) is 3. The van der Waals surface area contributed by atoms with Gasteiger partial charge in [-0.2, -0.15) is 0 Å². The Bertz CT molecular complexity index is 939. The average Bonchev–Trinajstić information content (AvgIpc) is 3.08. The molecule has 168 valence electrons. The number of imidazole rings is 1. The van der Waals surface area contributed by atoms with E-state index in [4.69, 9.17) is 5.73 Å². The van der Waals surface area contributed by atoms with Gasteiger partial charge in [-0.15, -0.1) is 24.8 Å². The summed E-state index contributed by atoms with van der Waals surface area (Å²) in [6, 6.07) is 16.1. The molecule has 0 aliphatic rings. The minimum absolute atomic E-state index is 0. The lowest BCUT2D eigenvalue weighted by atomic mass is 10.0. The average molecular weight is 463 g/mol. The molecule has 0 saturated heterocycles. The minimum Gasteiger partial charge on any atom is -0.352 e. The fourth-order valence-corrected chi connectivity index (χ4v) is 3.65. The number of amides is 1. The number of nitrogens with two attached hydrogens (primary N) is 1. The molecule has 0 spiro atoms. The predicted octanol–water partition coefficient (Wildman–Crippen LogP) is 4.01. The molecule has 3 N–H and O–H groups in total. The van der Waals surface area contributed by atoms with Crippen LogP contribution in [0.1, 0.15) is 34.9 Å². The second-order valence-electron chi connectivity index (χ2n) is 7.94. The van der Waals surface area contributed by atoms with Gasteiger partial charge in [-0.25, -0.2) is 4.98 Å². The number of aromatic nitrogens is 2. The highest BCUT2D eigenvalue weighted by Crippen LogP contribution is 2.11. The van der Waals surface area contributed by atoms with Gasteiger partial charge in [0, 0.05) is 25.2 Å². The third-order valence-electron chi connectivity index (χ3n) is 4.87. The van der Waals surface area contributed by atoms with E-state index < -0.39 is 6.04 Å². The molecule has 2 atom stereocenters. The quantitative estimate of drug-likeness (QED) is 0.530. The van der Waals surface area contributed by atoms with Crippen LogP contribution in [0, 0.1) is 13.8 Å². The van der Waals surface area contributed by atoms with E-state index in [1.165, 1.54) is 22.3 Å². The van der Waals surface area contributed by atoms with Crippen molar-refractivity contribution in [3.63, 3.8) is 0 Å². The van der Waals surface area contributed by atoms with Crippen molar-refractivity contribution in [3.8, 4) is 0 Å². The molecule has 0 aliphatic carbocycles. The molecule has 1 aromatic heterocycles. The van der Waals surface area contributed by atoms with Gasteiger partial charge >= 0.3 is 0 Å². The number of nitrogens with one attached hydrogen (secondary N) is 1. The number of carbonyl (C=O) groups is 1. The zero-order chi connectivity index (χ0) is 20.8. The molecule has 7 heteroatoms. The van der Waals surface area contributed by atoms with E-state index in [0.29, 0.717) is 6.42 Å². The maximum Gasteiger partial charge on any atom is 0.237 e. The normalized spacial score (nSPS) is 12.3. The molecular formula is C24H32Cl2N4O. The Labute approximate surface area is 197 Å². The molecule has 1 heterocycles. The lowest BCUT2D eigenvalue weighted by Crippen LogP contribution is -2.46. The van der Waals surface area contributed by atoms with E-state index in [-0.39, 0.29) is 36.8 Å². The maximum atomic E-state index is 12.5. The predicted molar refractivity (Wildman–Crippen MR) is 131 cm³/mol. The largest absolute Gasteiger partial charge is 0.352 e. The third kappa shape index (κ3) is 8.37. The highest BCUT2D eigenvalue weighted by molar-refractivity contribution is 5.85. The molecule has 1 unspecified atom stereocenters. The van der Waals surface area contributed by atoms with Crippen LogP contribution < -0.4 is 11.1 Å². The number of aryl methyl sites for hydroxylation is 2. The van der Waals surface area contributed by atoms with Crippen LogP contribution in [0.4, 0.5) is 0 Å². The van der Waals surface area contributed by atoms with Crippen LogP contribution in [0.2, 0.25) is 0 Å². The summed E-state index contributed by atoms with van der Waals surface area (Å²) in [5.41, 5.74) is 11.9. The Kier molecular flexibility index (Phi) is 10.8. The molecule has 0 fully saturated rings. The summed E-state index contributed by atoms with van der Waals surface area (Å²) in [5, 5.41) is 3.04. The summed E-state index contributed by atoms with van der Waals surface area (Å²) in [6.07, 6.45) is 4.95. The second kappa shape index (κ2) is 12.5. The number of carbonyl (C=O) groups excluding carboxylic acids is 1. The van der Waals surface area contributed by atoms with E-state index in [1.54, 1.807) is 6.33 Å². The molecule has 0 bridgehead atoms. The number of halogens is 2. The van der Waals surface area contributed by atoms with Gasteiger partial charge in [0.25, 0.3) is 0 Å². The first-order valence-electron chi connectivity index (χ1n) is 10.1. The first-order chi connectivity index (χ1) is 13.9. The van der Waals surface area contributed by atoms with E-state index in [2.05, 4.69) is 54.5 Å². The van der Waals surface area contributed by atoms with Crippen LogP contribution in [0.25, 0.3) is 0 Å². The van der Waals surface area contributed by atoms with Crippen LogP contribution in [-0.4, -0.2) is 27.5 Å². The van der Waals surface area contributed by atoms with Crippen molar-refractivity contribution in [1.82, 2.24) is 14.9 Å². The number of nitrogens with zero attached hydrogens (tertiary/aromatic N) is 2. The SMILES string of the molecule is Cc1cc(C)cc(CC(C)NC(=O)[C@@H](N)Cc2cn(Cc3ccccc3)cn2)c1.Cl.Cl. The van der Waals surface area contributed by atoms with E-state index in [1.807, 2.05) is 35.9 Å². The zero-order valence-corrected chi connectivity index (χ0v) is 19.9. The molecule has 0 radical (unpaired) electrons. The Morgan fingerprint density at radius 2 is 1.68 bits per heavy atom. The van der Waals surface area contributed by atoms with Crippen molar-refractivity contribution in [2.24, 2.45) is 5.73 Å². The standard InChI is InChI=1S/C24H30N4O.2ClH/c1-17-9-18(2)11-21(10-17)12-19(3)27-24(29)23(25)13-22-15-28(16-26-22)14-20-7-5-4-6-8-20;;/h4-11,15-16,19,23H,12-14,25H2,1-3H3,(H,27,29);2*1H/t19?,23-;;/m0../s1. The summed E-state index contributed by atoms with van der Waals surface area (Å²) in [7, 11) is 0. The fraction of sp³-hybridized carbons (Fsp3) is 0.333. The van der Waals surface area contributed by atoms with E-state index in [9.17, 15) is 4.79 Å². The van der Waals surface area contributed by atoms with Crippen molar-refractivity contribution in [3.05, 3.63) is 89.0 Å². The number of benzene rings is 2. The van der Waals surface area contributed by atoms with E-state index in [0.717, 1.165) is 18.7 Å². The molecule has 2 aromatic carbocycles. The van der Waals surface area contributed by atoms with Crippen molar-refractivity contribution in [2.45, 2.75) is 52.2 Å². The summed E-state index contributed by atoms with van der Waals surface area (Å²) in [4.78, 5) is 16.9. The molecule has 0 saturated carbocycles. The molecule has 0 aliphatic heterocycles. The van der Waals surface area contributed by atoms with Gasteiger partial charge in [0.05, 0.1) is 18.1 Å². The molecular weight excluding hydrogens is 431 g/mol. The summed E-state index contributed by atoms with van der Waals surface area (Å²) < 4.78 is 2.01. The molecule has 5 nitrogen and oxygen atoms in total. The van der Waals surface area contributed by atoms with Gasteiger partial charge in [0.1, 0.15) is 0 Å². The molecule has 1 amide bonds. The van der Waals surface area contributed by atoms with Crippen LogP contribution in [0.3, 0.4) is 0 Å². The van der Waals surface area contributed by atoms with Gasteiger partial charge in [-0.05, 0) is 38.3 Å². The zero-order valence-electron chi connectivity index (χ0n) is 18.2. The molecule has 3 rings (SSSR count). The Morgan fingerprint density at radius 3 is 2.32 bits per heavy atom. The van der Waals surface area contributed by atoms with Crippen molar-refractivity contribution >= 4 is 30.7 Å². The van der Waals surface area contributed by atoms with Gasteiger partial charge < -0.3 is 15.6 Å². The monoisotopic (exact) mass is 462 g/mol. The topological polar surface area (TPSA) is 72.9 Å². The van der Waals surface area contributed by atoms with Crippen molar-refractivity contribution in [1.29, 1.82) is 0 Å². The molecule has 3 aromatic rings. The lowest BCUT2D eigenvalue weighted by Gasteiger charge is -2.18.